The van der Waals surface area contributed by atoms with Crippen molar-refractivity contribution in [2.24, 2.45) is 0 Å². The maximum Gasteiger partial charge on any atom is 0.195 e. The molecule has 4 nitrogen and oxygen atoms in total. The van der Waals surface area contributed by atoms with Crippen molar-refractivity contribution in [1.82, 2.24) is 15.3 Å². The van der Waals surface area contributed by atoms with Gasteiger partial charge < -0.3 is 9.73 Å². The van der Waals surface area contributed by atoms with E-state index in [9.17, 15) is 0 Å². The zero-order valence-electron chi connectivity index (χ0n) is 9.47. The molecule has 0 aliphatic carbocycles. The lowest BCUT2D eigenvalue weighted by molar-refractivity contribution is 0.569. The molecule has 4 heteroatoms. The van der Waals surface area contributed by atoms with Crippen LogP contribution in [-0.4, -0.2) is 16.0 Å². The molecular weight excluding hydrogens is 202 g/mol. The van der Waals surface area contributed by atoms with Crippen molar-refractivity contribution in [2.75, 3.05) is 0 Å². The molecule has 0 atom stereocenters. The van der Waals surface area contributed by atoms with Gasteiger partial charge in [-0.05, 0) is 18.2 Å². The lowest BCUT2D eigenvalue weighted by Crippen LogP contribution is -2.22. The van der Waals surface area contributed by atoms with E-state index >= 15 is 0 Å². The number of furan rings is 1. The Morgan fingerprint density at radius 2 is 2.25 bits per heavy atom. The van der Waals surface area contributed by atoms with Crippen molar-refractivity contribution in [1.29, 1.82) is 0 Å². The molecule has 0 aromatic carbocycles. The number of nitrogens with zero attached hydrogens (tertiary/aromatic N) is 2. The summed E-state index contributed by atoms with van der Waals surface area (Å²) in [5.74, 6) is 1.33. The van der Waals surface area contributed by atoms with E-state index in [-0.39, 0.29) is 0 Å². The summed E-state index contributed by atoms with van der Waals surface area (Å²) in [6.45, 7) is 4.96. The summed E-state index contributed by atoms with van der Waals surface area (Å²) in [6.07, 6.45) is 3.37. The third-order valence-corrected chi connectivity index (χ3v) is 2.15. The molecule has 2 aromatic heterocycles. The van der Waals surface area contributed by atoms with Crippen LogP contribution < -0.4 is 5.32 Å². The highest BCUT2D eigenvalue weighted by atomic mass is 16.3. The van der Waals surface area contributed by atoms with Crippen LogP contribution in [0, 0.1) is 0 Å². The number of rotatable bonds is 4. The Hall–Kier alpha value is -1.68. The van der Waals surface area contributed by atoms with E-state index < -0.39 is 0 Å². The van der Waals surface area contributed by atoms with Crippen molar-refractivity contribution < 1.29 is 4.42 Å². The molecule has 0 saturated heterocycles. The normalized spacial score (nSPS) is 10.9. The summed E-state index contributed by atoms with van der Waals surface area (Å²) in [6, 6.07) is 6.04. The second-order valence-electron chi connectivity index (χ2n) is 3.88. The van der Waals surface area contributed by atoms with Crippen LogP contribution in [0.1, 0.15) is 19.5 Å². The molecule has 0 fully saturated rings. The minimum Gasteiger partial charge on any atom is -0.461 e. The zero-order chi connectivity index (χ0) is 11.4. The molecule has 0 radical (unpaired) electrons. The van der Waals surface area contributed by atoms with Gasteiger partial charge in [0.1, 0.15) is 0 Å². The van der Waals surface area contributed by atoms with Gasteiger partial charge in [-0.25, -0.2) is 9.97 Å². The van der Waals surface area contributed by atoms with Crippen LogP contribution in [0.5, 0.6) is 0 Å². The highest BCUT2D eigenvalue weighted by molar-refractivity contribution is 5.45. The SMILES string of the molecule is CC(C)NCc1ccnc(-c2ccco2)n1. The summed E-state index contributed by atoms with van der Waals surface area (Å²) < 4.78 is 5.25. The highest BCUT2D eigenvalue weighted by Crippen LogP contribution is 2.14. The van der Waals surface area contributed by atoms with Gasteiger partial charge in [0, 0.05) is 18.8 Å². The maximum atomic E-state index is 5.25. The first-order valence-electron chi connectivity index (χ1n) is 5.35. The Labute approximate surface area is 94.7 Å². The fourth-order valence-electron chi connectivity index (χ4n) is 1.33. The summed E-state index contributed by atoms with van der Waals surface area (Å²) in [4.78, 5) is 8.60. The average molecular weight is 217 g/mol. The van der Waals surface area contributed by atoms with E-state index in [4.69, 9.17) is 4.42 Å². The van der Waals surface area contributed by atoms with Crippen molar-refractivity contribution >= 4 is 0 Å². The summed E-state index contributed by atoms with van der Waals surface area (Å²) in [5, 5.41) is 3.31. The molecule has 0 amide bonds. The molecule has 0 unspecified atom stereocenters. The van der Waals surface area contributed by atoms with Crippen molar-refractivity contribution in [3.05, 3.63) is 36.4 Å². The molecule has 0 spiro atoms. The third kappa shape index (κ3) is 2.67. The van der Waals surface area contributed by atoms with Gasteiger partial charge in [-0.2, -0.15) is 0 Å². The molecule has 0 aliphatic rings. The predicted molar refractivity (Wildman–Crippen MR) is 61.7 cm³/mol. The van der Waals surface area contributed by atoms with E-state index in [0.29, 0.717) is 17.6 Å². The summed E-state index contributed by atoms with van der Waals surface area (Å²) in [5.41, 5.74) is 0.968. The summed E-state index contributed by atoms with van der Waals surface area (Å²) in [7, 11) is 0. The number of nitrogens with one attached hydrogen (secondary N) is 1. The number of aromatic nitrogens is 2. The van der Waals surface area contributed by atoms with Crippen molar-refractivity contribution in [2.45, 2.75) is 26.4 Å². The van der Waals surface area contributed by atoms with Gasteiger partial charge in [0.05, 0.1) is 12.0 Å². The lowest BCUT2D eigenvalue weighted by Gasteiger charge is -2.07. The van der Waals surface area contributed by atoms with Gasteiger partial charge in [-0.15, -0.1) is 0 Å². The second-order valence-corrected chi connectivity index (χ2v) is 3.88. The molecule has 84 valence electrons. The quantitative estimate of drug-likeness (QED) is 0.853. The average Bonchev–Trinajstić information content (AvgIpc) is 2.80. The minimum atomic E-state index is 0.446. The maximum absolute atomic E-state index is 5.25. The molecular formula is C12H15N3O. The Morgan fingerprint density at radius 3 is 2.94 bits per heavy atom. The molecule has 1 N–H and O–H groups in total. The first kappa shape index (κ1) is 10.8. The molecule has 16 heavy (non-hydrogen) atoms. The highest BCUT2D eigenvalue weighted by Gasteiger charge is 2.05. The molecule has 0 bridgehead atoms. The fraction of sp³-hybridized carbons (Fsp3) is 0.333. The van der Waals surface area contributed by atoms with Crippen LogP contribution in [0.4, 0.5) is 0 Å². The Morgan fingerprint density at radius 1 is 1.38 bits per heavy atom. The minimum absolute atomic E-state index is 0.446. The fourth-order valence-corrected chi connectivity index (χ4v) is 1.33. The monoisotopic (exact) mass is 217 g/mol. The summed E-state index contributed by atoms with van der Waals surface area (Å²) >= 11 is 0. The topological polar surface area (TPSA) is 51.0 Å². The van der Waals surface area contributed by atoms with Crippen LogP contribution in [-0.2, 0) is 6.54 Å². The van der Waals surface area contributed by atoms with Crippen LogP contribution in [0.25, 0.3) is 11.6 Å². The van der Waals surface area contributed by atoms with E-state index in [1.165, 1.54) is 0 Å². The van der Waals surface area contributed by atoms with Gasteiger partial charge in [0.15, 0.2) is 11.6 Å². The first-order valence-corrected chi connectivity index (χ1v) is 5.35. The van der Waals surface area contributed by atoms with E-state index in [1.807, 2.05) is 18.2 Å². The third-order valence-electron chi connectivity index (χ3n) is 2.15. The smallest absolute Gasteiger partial charge is 0.195 e. The van der Waals surface area contributed by atoms with E-state index in [0.717, 1.165) is 12.2 Å². The van der Waals surface area contributed by atoms with E-state index in [2.05, 4.69) is 29.1 Å². The van der Waals surface area contributed by atoms with Crippen molar-refractivity contribution in [3.8, 4) is 11.6 Å². The molecule has 2 rings (SSSR count). The van der Waals surface area contributed by atoms with Gasteiger partial charge >= 0.3 is 0 Å². The van der Waals surface area contributed by atoms with Crippen LogP contribution >= 0.6 is 0 Å². The molecule has 0 aliphatic heterocycles. The first-order chi connectivity index (χ1) is 7.75. The van der Waals surface area contributed by atoms with Gasteiger partial charge in [0.25, 0.3) is 0 Å². The van der Waals surface area contributed by atoms with Crippen molar-refractivity contribution in [3.63, 3.8) is 0 Å². The van der Waals surface area contributed by atoms with Crippen LogP contribution in [0.3, 0.4) is 0 Å². The van der Waals surface area contributed by atoms with Gasteiger partial charge in [-0.1, -0.05) is 13.8 Å². The zero-order valence-corrected chi connectivity index (χ0v) is 9.47. The van der Waals surface area contributed by atoms with Crippen LogP contribution in [0.15, 0.2) is 35.1 Å². The Bertz CT molecular complexity index is 437. The molecule has 2 aromatic rings. The predicted octanol–water partition coefficient (Wildman–Crippen LogP) is 2.23. The molecule has 0 saturated carbocycles. The number of hydrogen-bond acceptors (Lipinski definition) is 4. The Balaban J connectivity index is 2.14. The second kappa shape index (κ2) is 4.90. The molecule has 2 heterocycles. The van der Waals surface area contributed by atoms with Gasteiger partial charge in [-0.3, -0.25) is 0 Å². The van der Waals surface area contributed by atoms with E-state index in [1.54, 1.807) is 12.5 Å². The lowest BCUT2D eigenvalue weighted by atomic mass is 10.3. The van der Waals surface area contributed by atoms with Gasteiger partial charge in [0.2, 0.25) is 0 Å². The Kier molecular flexibility index (Phi) is 3.31. The number of hydrogen-bond donors (Lipinski definition) is 1. The standard InChI is InChI=1S/C12H15N3O/c1-9(2)14-8-10-5-6-13-12(15-10)11-4-3-7-16-11/h3-7,9,14H,8H2,1-2H3. The largest absolute Gasteiger partial charge is 0.461 e. The van der Waals surface area contributed by atoms with Crippen LogP contribution in [0.2, 0.25) is 0 Å².